The van der Waals surface area contributed by atoms with Crippen LogP contribution in [-0.2, 0) is 19.1 Å². The lowest BCUT2D eigenvalue weighted by atomic mass is 9.53. The Kier molecular flexibility index (Phi) is 1.36. The normalized spacial score (nSPS) is 31.7. The lowest BCUT2D eigenvalue weighted by Gasteiger charge is -2.59. The van der Waals surface area contributed by atoms with E-state index in [1.165, 1.54) is 19.3 Å². The lowest BCUT2D eigenvalue weighted by molar-refractivity contribution is -0.312. The van der Waals surface area contributed by atoms with Gasteiger partial charge in [0.1, 0.15) is 6.42 Å². The molecule has 0 bridgehead atoms. The molecule has 0 aromatic rings. The molecule has 2 aliphatic carbocycles. The molecule has 1 aliphatic heterocycles. The van der Waals surface area contributed by atoms with Gasteiger partial charge in [-0.2, -0.15) is 0 Å². The van der Waals surface area contributed by atoms with Gasteiger partial charge in [0.2, 0.25) is 0 Å². The summed E-state index contributed by atoms with van der Waals surface area (Å²) < 4.78 is 10.3. The molecule has 2 saturated carbocycles. The first kappa shape index (κ1) is 8.26. The summed E-state index contributed by atoms with van der Waals surface area (Å²) in [5.41, 5.74) is 0.331. The van der Waals surface area contributed by atoms with Crippen LogP contribution in [0.3, 0.4) is 0 Å². The van der Waals surface area contributed by atoms with Crippen molar-refractivity contribution in [2.45, 2.75) is 44.3 Å². The van der Waals surface area contributed by atoms with E-state index in [-0.39, 0.29) is 6.42 Å². The van der Waals surface area contributed by atoms with E-state index >= 15 is 0 Å². The van der Waals surface area contributed by atoms with E-state index in [1.807, 2.05) is 0 Å². The van der Waals surface area contributed by atoms with Gasteiger partial charge < -0.3 is 9.47 Å². The molecule has 4 heteroatoms. The van der Waals surface area contributed by atoms with Gasteiger partial charge >= 0.3 is 11.9 Å². The Morgan fingerprint density at radius 2 is 1.57 bits per heavy atom. The summed E-state index contributed by atoms with van der Waals surface area (Å²) in [6.45, 7) is 0. The van der Waals surface area contributed by atoms with Gasteiger partial charge in [-0.05, 0) is 18.3 Å². The SMILES string of the molecule is O=C1CC(=O)OC2(CC3(CCC3)C2)O1. The van der Waals surface area contributed by atoms with Crippen LogP contribution in [0.5, 0.6) is 0 Å². The number of ether oxygens (including phenoxy) is 2. The van der Waals surface area contributed by atoms with E-state index in [0.717, 1.165) is 12.8 Å². The predicted octanol–water partition coefficient (Wildman–Crippen LogP) is 1.14. The zero-order valence-corrected chi connectivity index (χ0v) is 7.88. The Hall–Kier alpha value is -1.06. The van der Waals surface area contributed by atoms with Crippen LogP contribution in [0.1, 0.15) is 38.5 Å². The van der Waals surface area contributed by atoms with E-state index in [4.69, 9.17) is 9.47 Å². The minimum atomic E-state index is -0.868. The highest BCUT2D eigenvalue weighted by molar-refractivity contribution is 5.93. The van der Waals surface area contributed by atoms with Gasteiger partial charge in [-0.1, -0.05) is 6.42 Å². The maximum atomic E-state index is 11.1. The van der Waals surface area contributed by atoms with Gasteiger partial charge in [0, 0.05) is 12.8 Å². The van der Waals surface area contributed by atoms with E-state index in [9.17, 15) is 9.59 Å². The number of rotatable bonds is 0. The Bertz CT molecular complexity index is 290. The highest BCUT2D eigenvalue weighted by Crippen LogP contribution is 2.62. The second-order valence-electron chi connectivity index (χ2n) is 4.74. The third kappa shape index (κ3) is 0.996. The number of carbonyl (C=O) groups is 2. The Labute approximate surface area is 81.6 Å². The van der Waals surface area contributed by atoms with Gasteiger partial charge in [-0.3, -0.25) is 9.59 Å². The fourth-order valence-electron chi connectivity index (χ4n) is 2.89. The number of esters is 2. The molecule has 0 N–H and O–H groups in total. The number of hydrogen-bond acceptors (Lipinski definition) is 4. The van der Waals surface area contributed by atoms with Crippen molar-refractivity contribution < 1.29 is 19.1 Å². The van der Waals surface area contributed by atoms with Crippen molar-refractivity contribution in [3.63, 3.8) is 0 Å². The molecule has 3 aliphatic rings. The average molecular weight is 196 g/mol. The second kappa shape index (κ2) is 2.30. The van der Waals surface area contributed by atoms with Gasteiger partial charge in [0.15, 0.2) is 0 Å². The molecule has 0 unspecified atom stereocenters. The summed E-state index contributed by atoms with van der Waals surface area (Å²) in [4.78, 5) is 22.2. The molecule has 4 nitrogen and oxygen atoms in total. The monoisotopic (exact) mass is 196 g/mol. The molecular weight excluding hydrogens is 184 g/mol. The van der Waals surface area contributed by atoms with E-state index in [0.29, 0.717) is 5.41 Å². The van der Waals surface area contributed by atoms with Crippen LogP contribution in [0.15, 0.2) is 0 Å². The van der Waals surface area contributed by atoms with Crippen LogP contribution in [-0.4, -0.2) is 17.7 Å². The molecule has 0 aromatic carbocycles. The molecule has 3 rings (SSSR count). The van der Waals surface area contributed by atoms with Crippen LogP contribution in [0.4, 0.5) is 0 Å². The third-order valence-corrected chi connectivity index (χ3v) is 3.59. The summed E-state index contributed by atoms with van der Waals surface area (Å²) in [6, 6.07) is 0. The zero-order chi connectivity index (χ0) is 9.81. The predicted molar refractivity (Wildman–Crippen MR) is 45.1 cm³/mol. The maximum absolute atomic E-state index is 11.1. The van der Waals surface area contributed by atoms with Crippen LogP contribution in [0.25, 0.3) is 0 Å². The minimum Gasteiger partial charge on any atom is -0.422 e. The molecule has 76 valence electrons. The maximum Gasteiger partial charge on any atom is 0.320 e. The van der Waals surface area contributed by atoms with Gasteiger partial charge in [-0.25, -0.2) is 0 Å². The third-order valence-electron chi connectivity index (χ3n) is 3.59. The Morgan fingerprint density at radius 3 is 2.00 bits per heavy atom. The lowest BCUT2D eigenvalue weighted by Crippen LogP contribution is -2.61. The van der Waals surface area contributed by atoms with Crippen LogP contribution in [0, 0.1) is 5.41 Å². The first-order valence-corrected chi connectivity index (χ1v) is 5.05. The summed E-state index contributed by atoms with van der Waals surface area (Å²) in [7, 11) is 0. The highest BCUT2D eigenvalue weighted by Gasteiger charge is 2.63. The highest BCUT2D eigenvalue weighted by atomic mass is 16.7. The van der Waals surface area contributed by atoms with Gasteiger partial charge in [0.25, 0.3) is 5.79 Å². The first-order chi connectivity index (χ1) is 6.62. The smallest absolute Gasteiger partial charge is 0.320 e. The molecule has 1 saturated heterocycles. The largest absolute Gasteiger partial charge is 0.422 e. The van der Waals surface area contributed by atoms with Gasteiger partial charge in [-0.15, -0.1) is 0 Å². The quantitative estimate of drug-likeness (QED) is 0.430. The van der Waals surface area contributed by atoms with Gasteiger partial charge in [0.05, 0.1) is 0 Å². The molecule has 14 heavy (non-hydrogen) atoms. The van der Waals surface area contributed by atoms with Crippen LogP contribution in [0.2, 0.25) is 0 Å². The van der Waals surface area contributed by atoms with Crippen molar-refractivity contribution in [1.29, 1.82) is 0 Å². The topological polar surface area (TPSA) is 52.6 Å². The summed E-state index contributed by atoms with van der Waals surface area (Å²) >= 11 is 0. The number of hydrogen-bond donors (Lipinski definition) is 0. The molecule has 2 spiro atoms. The van der Waals surface area contributed by atoms with Crippen molar-refractivity contribution in [2.75, 3.05) is 0 Å². The molecule has 0 radical (unpaired) electrons. The molecule has 1 heterocycles. The van der Waals surface area contributed by atoms with E-state index in [1.54, 1.807) is 0 Å². The second-order valence-corrected chi connectivity index (χ2v) is 4.74. The molecular formula is C10H12O4. The van der Waals surface area contributed by atoms with Crippen molar-refractivity contribution >= 4 is 11.9 Å². The fourth-order valence-corrected chi connectivity index (χ4v) is 2.89. The first-order valence-electron chi connectivity index (χ1n) is 5.05. The van der Waals surface area contributed by atoms with Crippen molar-refractivity contribution in [1.82, 2.24) is 0 Å². The van der Waals surface area contributed by atoms with Crippen LogP contribution < -0.4 is 0 Å². The minimum absolute atomic E-state index is 0.227. The molecule has 0 aromatic heterocycles. The zero-order valence-electron chi connectivity index (χ0n) is 7.88. The Morgan fingerprint density at radius 1 is 1.00 bits per heavy atom. The average Bonchev–Trinajstić information content (AvgIpc) is 1.94. The standard InChI is InChI=1S/C10H12O4/c11-7-4-8(12)14-10(13-7)5-9(6-10)2-1-3-9/h1-6H2. The summed E-state index contributed by atoms with van der Waals surface area (Å²) in [5, 5.41) is 0. The van der Waals surface area contributed by atoms with Crippen molar-refractivity contribution in [2.24, 2.45) is 5.41 Å². The fraction of sp³-hybridized carbons (Fsp3) is 0.800. The molecule has 3 fully saturated rings. The van der Waals surface area contributed by atoms with Crippen LogP contribution >= 0.6 is 0 Å². The van der Waals surface area contributed by atoms with E-state index in [2.05, 4.69) is 0 Å². The molecule has 0 atom stereocenters. The van der Waals surface area contributed by atoms with Crippen molar-refractivity contribution in [3.8, 4) is 0 Å². The van der Waals surface area contributed by atoms with Crippen molar-refractivity contribution in [3.05, 3.63) is 0 Å². The number of carbonyl (C=O) groups excluding carboxylic acids is 2. The summed E-state index contributed by atoms with van der Waals surface area (Å²) in [6.07, 6.45) is 4.83. The molecule has 0 amide bonds. The van der Waals surface area contributed by atoms with E-state index < -0.39 is 17.7 Å². The summed E-state index contributed by atoms with van der Waals surface area (Å²) in [5.74, 6) is -1.74. The Balaban J connectivity index is 1.73.